The van der Waals surface area contributed by atoms with E-state index in [1.807, 2.05) is 37.0 Å². The zero-order valence-electron chi connectivity index (χ0n) is 11.4. The number of carbonyl (C=O) groups excluding carboxylic acids is 1. The van der Waals surface area contributed by atoms with Crippen LogP contribution in [0.15, 0.2) is 36.0 Å². The van der Waals surface area contributed by atoms with Crippen molar-refractivity contribution in [1.82, 2.24) is 4.90 Å². The summed E-state index contributed by atoms with van der Waals surface area (Å²) in [5.74, 6) is 0.129. The molecule has 3 nitrogen and oxygen atoms in total. The molecule has 3 heteroatoms. The topological polar surface area (TPSA) is 29.5 Å². The van der Waals surface area contributed by atoms with E-state index in [9.17, 15) is 4.79 Å². The lowest BCUT2D eigenvalue weighted by Crippen LogP contribution is -2.33. The molecule has 1 aliphatic heterocycles. The van der Waals surface area contributed by atoms with Crippen LogP contribution in [0.25, 0.3) is 0 Å². The Labute approximate surface area is 110 Å². The summed E-state index contributed by atoms with van der Waals surface area (Å²) >= 11 is 0. The molecular formula is C15H23NO2. The molecule has 0 aliphatic carbocycles. The lowest BCUT2D eigenvalue weighted by molar-refractivity contribution is -0.127. The van der Waals surface area contributed by atoms with Gasteiger partial charge in [0.2, 0.25) is 5.91 Å². The first-order valence-electron chi connectivity index (χ1n) is 6.47. The molecule has 18 heavy (non-hydrogen) atoms. The number of nitrogens with zero attached hydrogens (tertiary/aromatic N) is 1. The van der Waals surface area contributed by atoms with Crippen LogP contribution in [0.1, 0.15) is 26.7 Å². The minimum Gasteiger partial charge on any atom is -0.380 e. The van der Waals surface area contributed by atoms with E-state index < -0.39 is 0 Å². The van der Waals surface area contributed by atoms with Gasteiger partial charge in [-0.05, 0) is 26.7 Å². The summed E-state index contributed by atoms with van der Waals surface area (Å²) in [7, 11) is 0. The lowest BCUT2D eigenvalue weighted by atomic mass is 10.2. The van der Waals surface area contributed by atoms with E-state index in [2.05, 4.69) is 6.58 Å². The quantitative estimate of drug-likeness (QED) is 0.566. The molecule has 0 spiro atoms. The van der Waals surface area contributed by atoms with Crippen LogP contribution >= 0.6 is 0 Å². The van der Waals surface area contributed by atoms with E-state index in [4.69, 9.17) is 4.74 Å². The molecule has 0 N–H and O–H groups in total. The van der Waals surface area contributed by atoms with Crippen LogP contribution < -0.4 is 0 Å². The fraction of sp³-hybridized carbons (Fsp3) is 0.533. The van der Waals surface area contributed by atoms with E-state index in [1.165, 1.54) is 0 Å². The van der Waals surface area contributed by atoms with Gasteiger partial charge in [0.05, 0.1) is 6.61 Å². The summed E-state index contributed by atoms with van der Waals surface area (Å²) in [6.45, 7) is 10.5. The highest BCUT2D eigenvalue weighted by Crippen LogP contribution is 2.07. The molecule has 0 aromatic rings. The molecule has 0 aromatic heterocycles. The average molecular weight is 249 g/mol. The van der Waals surface area contributed by atoms with Gasteiger partial charge in [-0.3, -0.25) is 4.79 Å². The maximum atomic E-state index is 12.1. The molecule has 0 unspecified atom stereocenters. The minimum atomic E-state index is 0.129. The number of rotatable bonds is 4. The molecule has 1 fully saturated rings. The lowest BCUT2D eigenvalue weighted by Gasteiger charge is -2.19. The van der Waals surface area contributed by atoms with Crippen molar-refractivity contribution < 1.29 is 9.53 Å². The Balaban J connectivity index is 2.48. The van der Waals surface area contributed by atoms with E-state index in [1.54, 1.807) is 0 Å². The molecule has 100 valence electrons. The van der Waals surface area contributed by atoms with Crippen molar-refractivity contribution in [3.8, 4) is 0 Å². The number of hydrogen-bond acceptors (Lipinski definition) is 2. The van der Waals surface area contributed by atoms with Crippen molar-refractivity contribution in [2.75, 3.05) is 26.3 Å². The molecule has 1 aliphatic rings. The third-order valence-corrected chi connectivity index (χ3v) is 2.81. The average Bonchev–Trinajstić information content (AvgIpc) is 2.61. The zero-order valence-corrected chi connectivity index (χ0v) is 11.4. The first-order chi connectivity index (χ1) is 8.61. The Morgan fingerprint density at radius 1 is 1.33 bits per heavy atom. The van der Waals surface area contributed by atoms with Gasteiger partial charge >= 0.3 is 0 Å². The predicted octanol–water partition coefficient (Wildman–Crippen LogP) is 2.70. The largest absolute Gasteiger partial charge is 0.380 e. The number of amides is 1. The van der Waals surface area contributed by atoms with Crippen LogP contribution in [0.5, 0.6) is 0 Å². The molecule has 1 amide bonds. The minimum absolute atomic E-state index is 0.129. The van der Waals surface area contributed by atoms with Gasteiger partial charge in [0.15, 0.2) is 0 Å². The Morgan fingerprint density at radius 2 is 2.11 bits per heavy atom. The van der Waals surface area contributed by atoms with Gasteiger partial charge in [-0.1, -0.05) is 30.4 Å². The van der Waals surface area contributed by atoms with Gasteiger partial charge in [0.25, 0.3) is 0 Å². The van der Waals surface area contributed by atoms with Gasteiger partial charge in [-0.15, -0.1) is 0 Å². The molecular weight excluding hydrogens is 226 g/mol. The highest BCUT2D eigenvalue weighted by molar-refractivity contribution is 5.92. The molecule has 0 atom stereocenters. The molecule has 0 saturated carbocycles. The third kappa shape index (κ3) is 5.32. The maximum Gasteiger partial charge on any atom is 0.249 e. The molecule has 0 aromatic carbocycles. The van der Waals surface area contributed by atoms with Crippen LogP contribution in [0.2, 0.25) is 0 Å². The Bertz CT molecular complexity index is 348. The zero-order chi connectivity index (χ0) is 13.4. The molecule has 1 rings (SSSR count). The summed E-state index contributed by atoms with van der Waals surface area (Å²) in [5.41, 5.74) is 1.83. The van der Waals surface area contributed by atoms with Gasteiger partial charge in [-0.25, -0.2) is 0 Å². The van der Waals surface area contributed by atoms with E-state index in [0.717, 1.165) is 37.1 Å². The summed E-state index contributed by atoms with van der Waals surface area (Å²) in [4.78, 5) is 14.0. The summed E-state index contributed by atoms with van der Waals surface area (Å²) < 4.78 is 5.35. The monoisotopic (exact) mass is 249 g/mol. The van der Waals surface area contributed by atoms with Crippen molar-refractivity contribution in [2.45, 2.75) is 26.7 Å². The number of ether oxygens (including phenoxy) is 1. The number of allylic oxidation sites excluding steroid dienone is 4. The van der Waals surface area contributed by atoms with Crippen LogP contribution in [-0.4, -0.2) is 37.1 Å². The second-order valence-electron chi connectivity index (χ2n) is 4.63. The first-order valence-corrected chi connectivity index (χ1v) is 6.47. The summed E-state index contributed by atoms with van der Waals surface area (Å²) in [6, 6.07) is 0. The maximum absolute atomic E-state index is 12.1. The molecule has 0 bridgehead atoms. The smallest absolute Gasteiger partial charge is 0.249 e. The molecule has 1 heterocycles. The second kappa shape index (κ2) is 7.88. The number of hydrogen-bond donors (Lipinski definition) is 0. The van der Waals surface area contributed by atoms with Crippen LogP contribution in [-0.2, 0) is 9.53 Å². The van der Waals surface area contributed by atoms with E-state index in [-0.39, 0.29) is 5.91 Å². The predicted molar refractivity (Wildman–Crippen MR) is 74.3 cm³/mol. The molecule has 0 radical (unpaired) electrons. The fourth-order valence-corrected chi connectivity index (χ4v) is 1.80. The van der Waals surface area contributed by atoms with Gasteiger partial charge in [0, 0.05) is 25.3 Å². The highest BCUT2D eigenvalue weighted by Gasteiger charge is 2.16. The van der Waals surface area contributed by atoms with Crippen molar-refractivity contribution in [3.63, 3.8) is 0 Å². The third-order valence-electron chi connectivity index (χ3n) is 2.81. The normalized spacial score (nSPS) is 17.9. The van der Waals surface area contributed by atoms with E-state index >= 15 is 0 Å². The van der Waals surface area contributed by atoms with Gasteiger partial charge in [0.1, 0.15) is 0 Å². The summed E-state index contributed by atoms with van der Waals surface area (Å²) in [6.07, 6.45) is 7.65. The van der Waals surface area contributed by atoms with Crippen LogP contribution in [0.3, 0.4) is 0 Å². The Kier molecular flexibility index (Phi) is 6.44. The van der Waals surface area contributed by atoms with Crippen LogP contribution in [0, 0.1) is 0 Å². The second-order valence-corrected chi connectivity index (χ2v) is 4.63. The standard InChI is InChI=1S/C15H23NO2/c1-13(2)7-4-5-8-14(3)15(17)16-9-6-11-18-12-10-16/h4,7-8H,1,5-6,9-12H2,2-3H3/b7-4-,14-8+. The SMILES string of the molecule is C=C(C)/C=C\C/C=C(\C)C(=O)N1CCCOCC1. The van der Waals surface area contributed by atoms with Crippen molar-refractivity contribution in [2.24, 2.45) is 0 Å². The van der Waals surface area contributed by atoms with Crippen LogP contribution in [0.4, 0.5) is 0 Å². The Morgan fingerprint density at radius 3 is 2.83 bits per heavy atom. The van der Waals surface area contributed by atoms with Gasteiger partial charge < -0.3 is 9.64 Å². The molecule has 1 saturated heterocycles. The number of carbonyl (C=O) groups is 1. The van der Waals surface area contributed by atoms with E-state index in [0.29, 0.717) is 13.2 Å². The van der Waals surface area contributed by atoms with Gasteiger partial charge in [-0.2, -0.15) is 0 Å². The van der Waals surface area contributed by atoms with Crippen molar-refractivity contribution in [3.05, 3.63) is 36.0 Å². The Hall–Kier alpha value is -1.35. The van der Waals surface area contributed by atoms with Crippen molar-refractivity contribution >= 4 is 5.91 Å². The summed E-state index contributed by atoms with van der Waals surface area (Å²) in [5, 5.41) is 0. The first kappa shape index (κ1) is 14.7. The van der Waals surface area contributed by atoms with Crippen molar-refractivity contribution in [1.29, 1.82) is 0 Å². The highest BCUT2D eigenvalue weighted by atomic mass is 16.5. The fourth-order valence-electron chi connectivity index (χ4n) is 1.80.